The van der Waals surface area contributed by atoms with E-state index in [0.717, 1.165) is 32.6 Å². The highest BCUT2D eigenvalue weighted by molar-refractivity contribution is 7.17. The van der Waals surface area contributed by atoms with E-state index in [1.54, 1.807) is 11.3 Å². The predicted octanol–water partition coefficient (Wildman–Crippen LogP) is 4.83. The molecule has 0 saturated heterocycles. The minimum Gasteiger partial charge on any atom is -0.354 e. The van der Waals surface area contributed by atoms with Crippen LogP contribution >= 0.6 is 22.9 Å². The molecule has 3 rings (SSSR count). The van der Waals surface area contributed by atoms with Gasteiger partial charge in [0.15, 0.2) is 5.82 Å². The average molecular weight is 361 g/mol. The molecule has 0 spiro atoms. The summed E-state index contributed by atoms with van der Waals surface area (Å²) in [6.07, 6.45) is 0. The van der Waals surface area contributed by atoms with Crippen LogP contribution in [0.5, 0.6) is 0 Å². The van der Waals surface area contributed by atoms with Crippen LogP contribution in [0.2, 0.25) is 5.02 Å². The van der Waals surface area contributed by atoms with Gasteiger partial charge >= 0.3 is 0 Å². The van der Waals surface area contributed by atoms with E-state index in [4.69, 9.17) is 21.6 Å². The molecule has 4 nitrogen and oxygen atoms in total. The van der Waals surface area contributed by atoms with Gasteiger partial charge in [0.2, 0.25) is 5.95 Å². The molecule has 0 atom stereocenters. The van der Waals surface area contributed by atoms with Crippen molar-refractivity contribution < 1.29 is 0 Å². The molecular weight excluding hydrogens is 340 g/mol. The topological polar surface area (TPSA) is 32.3 Å². The molecule has 6 heteroatoms. The second kappa shape index (κ2) is 6.95. The van der Waals surface area contributed by atoms with Crippen LogP contribution in [0.15, 0.2) is 35.7 Å². The Hall–Kier alpha value is -1.85. The molecule has 0 unspecified atom stereocenters. The van der Waals surface area contributed by atoms with Gasteiger partial charge in [0.1, 0.15) is 0 Å². The van der Waals surface area contributed by atoms with Gasteiger partial charge in [-0.2, -0.15) is 4.98 Å². The lowest BCUT2D eigenvalue weighted by molar-refractivity contribution is 0.730. The Balaban J connectivity index is 2.01. The lowest BCUT2D eigenvalue weighted by atomic mass is 10.2. The van der Waals surface area contributed by atoms with E-state index in [9.17, 15) is 0 Å². The van der Waals surface area contributed by atoms with Crippen LogP contribution < -0.4 is 9.80 Å². The van der Waals surface area contributed by atoms with E-state index >= 15 is 0 Å². The van der Waals surface area contributed by atoms with E-state index in [2.05, 4.69) is 29.0 Å². The molecule has 0 N–H and O–H groups in total. The molecule has 0 aliphatic carbocycles. The van der Waals surface area contributed by atoms with Gasteiger partial charge < -0.3 is 9.80 Å². The maximum atomic E-state index is 6.31. The molecule has 1 aromatic carbocycles. The lowest BCUT2D eigenvalue weighted by Crippen LogP contribution is -2.28. The summed E-state index contributed by atoms with van der Waals surface area (Å²) in [6.45, 7) is 4.97. The van der Waals surface area contributed by atoms with E-state index in [0.29, 0.717) is 12.6 Å². The average Bonchev–Trinajstić information content (AvgIpc) is 3.03. The SMILES string of the molecule is CC(C)N(C)c1nc(N(C)Cc2ccccc2Cl)c2sccc2n1. The van der Waals surface area contributed by atoms with Crippen molar-refractivity contribution in [1.29, 1.82) is 0 Å². The fourth-order valence-corrected chi connectivity index (χ4v) is 3.51. The van der Waals surface area contributed by atoms with Crippen molar-refractivity contribution in [2.45, 2.75) is 26.4 Å². The second-order valence-corrected chi connectivity index (χ2v) is 7.46. The summed E-state index contributed by atoms with van der Waals surface area (Å²) in [5.74, 6) is 1.69. The maximum Gasteiger partial charge on any atom is 0.227 e. The number of aromatic nitrogens is 2. The van der Waals surface area contributed by atoms with E-state index in [1.165, 1.54) is 0 Å². The first-order valence-corrected chi connectivity index (χ1v) is 9.15. The molecule has 0 amide bonds. The quantitative estimate of drug-likeness (QED) is 0.652. The molecule has 0 saturated carbocycles. The van der Waals surface area contributed by atoms with Crippen molar-refractivity contribution in [3.8, 4) is 0 Å². The lowest BCUT2D eigenvalue weighted by Gasteiger charge is -2.25. The first-order valence-electron chi connectivity index (χ1n) is 7.90. The summed E-state index contributed by atoms with van der Waals surface area (Å²) in [6, 6.07) is 10.3. The van der Waals surface area contributed by atoms with Crippen LogP contribution in [0, 0.1) is 0 Å². The number of halogens is 1. The molecule has 126 valence electrons. The van der Waals surface area contributed by atoms with Crippen LogP contribution in [0.25, 0.3) is 10.2 Å². The number of anilines is 2. The number of thiophene rings is 1. The summed E-state index contributed by atoms with van der Waals surface area (Å²) in [5.41, 5.74) is 2.07. The number of rotatable bonds is 5. The summed E-state index contributed by atoms with van der Waals surface area (Å²) in [4.78, 5) is 13.8. The monoisotopic (exact) mass is 360 g/mol. The van der Waals surface area contributed by atoms with Crippen LogP contribution in [0.3, 0.4) is 0 Å². The molecule has 0 radical (unpaired) electrons. The summed E-state index contributed by atoms with van der Waals surface area (Å²) in [5, 5.41) is 2.84. The van der Waals surface area contributed by atoms with Gasteiger partial charge in [0, 0.05) is 31.7 Å². The third kappa shape index (κ3) is 3.32. The Morgan fingerprint density at radius 3 is 2.58 bits per heavy atom. The largest absolute Gasteiger partial charge is 0.354 e. The van der Waals surface area contributed by atoms with Crippen molar-refractivity contribution >= 4 is 44.9 Å². The molecule has 24 heavy (non-hydrogen) atoms. The van der Waals surface area contributed by atoms with E-state index < -0.39 is 0 Å². The minimum absolute atomic E-state index is 0.336. The third-order valence-electron chi connectivity index (χ3n) is 4.09. The Kier molecular flexibility index (Phi) is 4.92. The molecular formula is C18H21ClN4S. The zero-order chi connectivity index (χ0) is 17.3. The fourth-order valence-electron chi connectivity index (χ4n) is 2.44. The van der Waals surface area contributed by atoms with Crippen LogP contribution in [0.1, 0.15) is 19.4 Å². The molecule has 2 aromatic heterocycles. The van der Waals surface area contributed by atoms with Crippen molar-refractivity contribution in [3.63, 3.8) is 0 Å². The van der Waals surface area contributed by atoms with Gasteiger partial charge in [-0.05, 0) is 36.9 Å². The predicted molar refractivity (Wildman–Crippen MR) is 105 cm³/mol. The van der Waals surface area contributed by atoms with Gasteiger partial charge in [-0.1, -0.05) is 29.8 Å². The summed E-state index contributed by atoms with van der Waals surface area (Å²) in [7, 11) is 4.07. The summed E-state index contributed by atoms with van der Waals surface area (Å²) >= 11 is 7.98. The number of benzene rings is 1. The molecule has 0 aliphatic heterocycles. The van der Waals surface area contributed by atoms with Crippen molar-refractivity contribution in [1.82, 2.24) is 9.97 Å². The van der Waals surface area contributed by atoms with Crippen molar-refractivity contribution in [2.75, 3.05) is 23.9 Å². The van der Waals surface area contributed by atoms with Crippen LogP contribution in [-0.2, 0) is 6.54 Å². The van der Waals surface area contributed by atoms with Gasteiger partial charge in [-0.3, -0.25) is 0 Å². The Bertz CT molecular complexity index is 846. The number of hydrogen-bond donors (Lipinski definition) is 0. The Morgan fingerprint density at radius 1 is 1.12 bits per heavy atom. The highest BCUT2D eigenvalue weighted by Gasteiger charge is 2.17. The van der Waals surface area contributed by atoms with Crippen LogP contribution in [0.4, 0.5) is 11.8 Å². The van der Waals surface area contributed by atoms with Crippen LogP contribution in [-0.4, -0.2) is 30.1 Å². The minimum atomic E-state index is 0.336. The van der Waals surface area contributed by atoms with Crippen molar-refractivity contribution in [3.05, 3.63) is 46.3 Å². The molecule has 3 aromatic rings. The Morgan fingerprint density at radius 2 is 1.88 bits per heavy atom. The number of hydrogen-bond acceptors (Lipinski definition) is 5. The van der Waals surface area contributed by atoms with E-state index in [1.807, 2.05) is 44.4 Å². The highest BCUT2D eigenvalue weighted by atomic mass is 35.5. The summed E-state index contributed by atoms with van der Waals surface area (Å²) < 4.78 is 1.10. The van der Waals surface area contributed by atoms with Gasteiger partial charge in [-0.15, -0.1) is 11.3 Å². The third-order valence-corrected chi connectivity index (χ3v) is 5.36. The molecule has 0 bridgehead atoms. The zero-order valence-electron chi connectivity index (χ0n) is 14.3. The first kappa shape index (κ1) is 17.0. The highest BCUT2D eigenvalue weighted by Crippen LogP contribution is 2.31. The fraction of sp³-hybridized carbons (Fsp3) is 0.333. The number of nitrogens with zero attached hydrogens (tertiary/aromatic N) is 4. The smallest absolute Gasteiger partial charge is 0.227 e. The van der Waals surface area contributed by atoms with Crippen molar-refractivity contribution in [2.24, 2.45) is 0 Å². The number of fused-ring (bicyclic) bond motifs is 1. The van der Waals surface area contributed by atoms with Gasteiger partial charge in [0.25, 0.3) is 0 Å². The normalized spacial score (nSPS) is 11.2. The first-order chi connectivity index (χ1) is 11.5. The maximum absolute atomic E-state index is 6.31. The second-order valence-electron chi connectivity index (χ2n) is 6.13. The molecule has 0 fully saturated rings. The zero-order valence-corrected chi connectivity index (χ0v) is 15.9. The standard InChI is InChI=1S/C18H21ClN4S/c1-12(2)23(4)18-20-15-9-10-24-16(15)17(21-18)22(3)11-13-7-5-6-8-14(13)19/h5-10,12H,11H2,1-4H3. The Labute approximate surface area is 151 Å². The van der Waals surface area contributed by atoms with Gasteiger partial charge in [0.05, 0.1) is 10.2 Å². The van der Waals surface area contributed by atoms with Gasteiger partial charge in [-0.25, -0.2) is 4.98 Å². The molecule has 2 heterocycles. The van der Waals surface area contributed by atoms with E-state index in [-0.39, 0.29) is 0 Å². The molecule has 0 aliphatic rings.